The number of halogens is 2. The lowest BCUT2D eigenvalue weighted by atomic mass is 9.97. The van der Waals surface area contributed by atoms with Crippen molar-refractivity contribution in [3.05, 3.63) is 94.0 Å². The molecule has 0 aliphatic rings. The first-order chi connectivity index (χ1) is 14.0. The SMILES string of the molecule is NC(=O)CN(CCc1cccnc1)C(Cc1cccnc1)c1c(Cl)cccc1Cl. The van der Waals surface area contributed by atoms with Crippen LogP contribution in [0, 0.1) is 0 Å². The summed E-state index contributed by atoms with van der Waals surface area (Å²) in [6, 6.07) is 13.0. The van der Waals surface area contributed by atoms with Crippen molar-refractivity contribution in [3.63, 3.8) is 0 Å². The highest BCUT2D eigenvalue weighted by atomic mass is 35.5. The number of amides is 1. The Morgan fingerprint density at radius 3 is 2.14 bits per heavy atom. The summed E-state index contributed by atoms with van der Waals surface area (Å²) in [4.78, 5) is 22.3. The van der Waals surface area contributed by atoms with Crippen LogP contribution in [0.3, 0.4) is 0 Å². The van der Waals surface area contributed by atoms with Crippen molar-refractivity contribution in [1.29, 1.82) is 0 Å². The minimum absolute atomic E-state index is 0.0900. The molecule has 0 saturated carbocycles. The zero-order chi connectivity index (χ0) is 20.6. The van der Waals surface area contributed by atoms with Gasteiger partial charge in [0.25, 0.3) is 0 Å². The van der Waals surface area contributed by atoms with E-state index in [1.54, 1.807) is 18.6 Å². The Balaban J connectivity index is 1.96. The molecule has 0 saturated heterocycles. The lowest BCUT2D eigenvalue weighted by Gasteiger charge is -2.32. The van der Waals surface area contributed by atoms with E-state index < -0.39 is 5.91 Å². The van der Waals surface area contributed by atoms with Crippen LogP contribution in [0.15, 0.2) is 67.3 Å². The molecule has 0 spiro atoms. The van der Waals surface area contributed by atoms with Gasteiger partial charge in [0, 0.05) is 53.0 Å². The van der Waals surface area contributed by atoms with Crippen LogP contribution >= 0.6 is 23.2 Å². The predicted octanol–water partition coefficient (Wildman–Crippen LogP) is 4.10. The summed E-state index contributed by atoms with van der Waals surface area (Å²) in [6.07, 6.45) is 8.40. The fourth-order valence-corrected chi connectivity index (χ4v) is 4.00. The van der Waals surface area contributed by atoms with Crippen LogP contribution in [0.25, 0.3) is 0 Å². The first-order valence-electron chi connectivity index (χ1n) is 9.28. The van der Waals surface area contributed by atoms with Crippen molar-refractivity contribution < 1.29 is 4.79 Å². The maximum atomic E-state index is 11.9. The van der Waals surface area contributed by atoms with Crippen LogP contribution in [0.5, 0.6) is 0 Å². The second-order valence-corrected chi connectivity index (χ2v) is 7.58. The molecule has 3 rings (SSSR count). The summed E-state index contributed by atoms with van der Waals surface area (Å²) < 4.78 is 0. The minimum Gasteiger partial charge on any atom is -0.369 e. The van der Waals surface area contributed by atoms with E-state index in [1.165, 1.54) is 0 Å². The van der Waals surface area contributed by atoms with Crippen LogP contribution in [-0.4, -0.2) is 33.9 Å². The average Bonchev–Trinajstić information content (AvgIpc) is 2.71. The third-order valence-corrected chi connectivity index (χ3v) is 5.35. The van der Waals surface area contributed by atoms with Crippen molar-refractivity contribution >= 4 is 29.1 Å². The van der Waals surface area contributed by atoms with Crippen LogP contribution in [-0.2, 0) is 17.6 Å². The van der Waals surface area contributed by atoms with Gasteiger partial charge in [0.15, 0.2) is 0 Å². The van der Waals surface area contributed by atoms with E-state index in [9.17, 15) is 4.79 Å². The number of pyridine rings is 2. The van der Waals surface area contributed by atoms with E-state index >= 15 is 0 Å². The number of benzene rings is 1. The largest absolute Gasteiger partial charge is 0.369 e. The highest BCUT2D eigenvalue weighted by Gasteiger charge is 2.26. The molecule has 150 valence electrons. The van der Waals surface area contributed by atoms with Crippen LogP contribution < -0.4 is 5.73 Å². The van der Waals surface area contributed by atoms with Gasteiger partial charge in [-0.15, -0.1) is 0 Å². The number of hydrogen-bond acceptors (Lipinski definition) is 4. The van der Waals surface area contributed by atoms with E-state index in [4.69, 9.17) is 28.9 Å². The summed E-state index contributed by atoms with van der Waals surface area (Å²) in [6.45, 7) is 0.688. The van der Waals surface area contributed by atoms with Gasteiger partial charge in [0.2, 0.25) is 5.91 Å². The van der Waals surface area contributed by atoms with Gasteiger partial charge in [-0.3, -0.25) is 19.7 Å². The molecule has 2 N–H and O–H groups in total. The molecule has 0 fully saturated rings. The summed E-state index contributed by atoms with van der Waals surface area (Å²) in [5, 5.41) is 1.12. The normalized spacial score (nSPS) is 12.1. The zero-order valence-corrected chi connectivity index (χ0v) is 17.4. The Morgan fingerprint density at radius 2 is 1.59 bits per heavy atom. The maximum Gasteiger partial charge on any atom is 0.231 e. The zero-order valence-electron chi connectivity index (χ0n) is 15.8. The Kier molecular flexibility index (Phi) is 7.58. The lowest BCUT2D eigenvalue weighted by Crippen LogP contribution is -2.39. The fraction of sp³-hybridized carbons (Fsp3) is 0.227. The Labute approximate surface area is 180 Å². The van der Waals surface area contributed by atoms with Crippen molar-refractivity contribution in [2.24, 2.45) is 5.73 Å². The Bertz CT molecular complexity index is 918. The molecule has 2 aromatic heterocycles. The molecule has 1 unspecified atom stereocenters. The predicted molar refractivity (Wildman–Crippen MR) is 116 cm³/mol. The van der Waals surface area contributed by atoms with Gasteiger partial charge >= 0.3 is 0 Å². The number of aromatic nitrogens is 2. The van der Waals surface area contributed by atoms with Gasteiger partial charge in [-0.1, -0.05) is 41.4 Å². The molecule has 0 bridgehead atoms. The molecule has 7 heteroatoms. The Hall–Kier alpha value is -2.47. The number of carbonyl (C=O) groups is 1. The van der Waals surface area contributed by atoms with Gasteiger partial charge in [-0.05, 0) is 48.2 Å². The second-order valence-electron chi connectivity index (χ2n) is 6.76. The van der Waals surface area contributed by atoms with E-state index in [-0.39, 0.29) is 12.6 Å². The highest BCUT2D eigenvalue weighted by molar-refractivity contribution is 6.36. The topological polar surface area (TPSA) is 72.1 Å². The molecule has 0 radical (unpaired) electrons. The molecule has 29 heavy (non-hydrogen) atoms. The lowest BCUT2D eigenvalue weighted by molar-refractivity contribution is -0.119. The van der Waals surface area contributed by atoms with E-state index in [0.717, 1.165) is 16.7 Å². The van der Waals surface area contributed by atoms with Crippen molar-refractivity contribution in [2.45, 2.75) is 18.9 Å². The third-order valence-electron chi connectivity index (χ3n) is 4.69. The first kappa shape index (κ1) is 21.2. The standard InChI is InChI=1S/C22H22Cl2N4O/c23-18-6-1-7-19(24)22(18)20(12-17-5-3-10-27-14-17)28(15-21(25)29)11-8-16-4-2-9-26-13-16/h1-7,9-10,13-14,20H,8,11-12,15H2,(H2,25,29). The van der Waals surface area contributed by atoms with Gasteiger partial charge < -0.3 is 5.73 Å². The van der Waals surface area contributed by atoms with Crippen molar-refractivity contribution in [2.75, 3.05) is 13.1 Å². The first-order valence-corrected chi connectivity index (χ1v) is 10.0. The fourth-order valence-electron chi connectivity index (χ4n) is 3.35. The summed E-state index contributed by atoms with van der Waals surface area (Å²) in [7, 11) is 0. The highest BCUT2D eigenvalue weighted by Crippen LogP contribution is 2.36. The molecule has 2 heterocycles. The van der Waals surface area contributed by atoms with Gasteiger partial charge in [-0.25, -0.2) is 0 Å². The smallest absolute Gasteiger partial charge is 0.231 e. The summed E-state index contributed by atoms with van der Waals surface area (Å²) >= 11 is 13.1. The molecule has 0 aliphatic heterocycles. The molecule has 1 atom stereocenters. The van der Waals surface area contributed by atoms with Gasteiger partial charge in [0.05, 0.1) is 6.54 Å². The minimum atomic E-state index is -0.407. The number of hydrogen-bond donors (Lipinski definition) is 1. The molecule has 5 nitrogen and oxygen atoms in total. The molecule has 0 aliphatic carbocycles. The average molecular weight is 429 g/mol. The molecule has 1 amide bonds. The van der Waals surface area contributed by atoms with Gasteiger partial charge in [0.1, 0.15) is 0 Å². The van der Waals surface area contributed by atoms with Crippen LogP contribution in [0.1, 0.15) is 22.7 Å². The number of nitrogens with two attached hydrogens (primary N) is 1. The van der Waals surface area contributed by atoms with E-state index in [1.807, 2.05) is 53.6 Å². The summed E-state index contributed by atoms with van der Waals surface area (Å²) in [5.41, 5.74) is 8.45. The molecule has 1 aromatic carbocycles. The van der Waals surface area contributed by atoms with E-state index in [0.29, 0.717) is 29.4 Å². The van der Waals surface area contributed by atoms with Crippen molar-refractivity contribution in [1.82, 2.24) is 14.9 Å². The van der Waals surface area contributed by atoms with Gasteiger partial charge in [-0.2, -0.15) is 0 Å². The summed E-state index contributed by atoms with van der Waals surface area (Å²) in [5.74, 6) is -0.407. The molecule has 3 aromatic rings. The number of rotatable bonds is 9. The third kappa shape index (κ3) is 6.00. The molecular weight excluding hydrogens is 407 g/mol. The molecular formula is C22H22Cl2N4O. The van der Waals surface area contributed by atoms with Crippen molar-refractivity contribution in [3.8, 4) is 0 Å². The number of carbonyl (C=O) groups excluding carboxylic acids is 1. The monoisotopic (exact) mass is 428 g/mol. The van der Waals surface area contributed by atoms with E-state index in [2.05, 4.69) is 9.97 Å². The Morgan fingerprint density at radius 1 is 0.966 bits per heavy atom. The quantitative estimate of drug-likeness (QED) is 0.556. The number of nitrogens with zero attached hydrogens (tertiary/aromatic N) is 3. The second kappa shape index (κ2) is 10.3. The number of primary amides is 1. The van der Waals surface area contributed by atoms with Crippen LogP contribution in [0.4, 0.5) is 0 Å². The maximum absolute atomic E-state index is 11.9. The van der Waals surface area contributed by atoms with Crippen LogP contribution in [0.2, 0.25) is 10.0 Å².